The Hall–Kier alpha value is -0.953. The number of rotatable bonds is 5. The summed E-state index contributed by atoms with van der Waals surface area (Å²) in [5.74, 6) is -0.849. The average Bonchev–Trinajstić information content (AvgIpc) is 3.06. The lowest BCUT2D eigenvalue weighted by atomic mass is 9.57. The van der Waals surface area contributed by atoms with E-state index in [9.17, 15) is 4.79 Å². The van der Waals surface area contributed by atoms with Crippen molar-refractivity contribution in [3.63, 3.8) is 0 Å². The molecule has 3 rings (SSSR count). The second-order valence-corrected chi connectivity index (χ2v) is 16.2. The van der Waals surface area contributed by atoms with Crippen LogP contribution in [0.4, 0.5) is 0 Å². The van der Waals surface area contributed by atoms with E-state index in [1.54, 1.807) is 6.08 Å². The van der Waals surface area contributed by atoms with Gasteiger partial charge in [-0.25, -0.2) is 4.79 Å². The Morgan fingerprint density at radius 3 is 2.26 bits per heavy atom. The highest BCUT2D eigenvalue weighted by molar-refractivity contribution is 6.74. The van der Waals surface area contributed by atoms with Crippen LogP contribution >= 0.6 is 0 Å². The van der Waals surface area contributed by atoms with Gasteiger partial charge in [-0.05, 0) is 44.0 Å². The molecule has 0 aromatic rings. The second kappa shape index (κ2) is 8.12. The molecule has 0 atom stereocenters. The Kier molecular flexibility index (Phi) is 6.47. The lowest BCUT2D eigenvalue weighted by Gasteiger charge is -2.59. The molecule has 0 unspecified atom stereocenters. The maximum absolute atomic E-state index is 12.1. The Morgan fingerprint density at radius 2 is 1.74 bits per heavy atom. The van der Waals surface area contributed by atoms with Crippen LogP contribution in [0.1, 0.15) is 74.1 Å². The van der Waals surface area contributed by atoms with Gasteiger partial charge >= 0.3 is 5.97 Å². The van der Waals surface area contributed by atoms with Crippen LogP contribution in [-0.4, -0.2) is 45.5 Å². The minimum absolute atomic E-state index is 0.0892. The number of carbonyl (C=O) groups excluding carboxylic acids is 1. The van der Waals surface area contributed by atoms with Crippen molar-refractivity contribution >= 4 is 14.3 Å². The third-order valence-corrected chi connectivity index (χ3v) is 12.4. The first kappa shape index (κ1) is 24.7. The summed E-state index contributed by atoms with van der Waals surface area (Å²) in [5.41, 5.74) is 3.06. The zero-order valence-electron chi connectivity index (χ0n) is 21.1. The summed E-state index contributed by atoms with van der Waals surface area (Å²) in [7, 11) is -2.08. The monoisotopic (exact) mass is 450 g/mol. The van der Waals surface area contributed by atoms with Gasteiger partial charge in [-0.2, -0.15) is 0 Å². The lowest BCUT2D eigenvalue weighted by Crippen LogP contribution is -2.61. The van der Waals surface area contributed by atoms with Gasteiger partial charge in [-0.15, -0.1) is 0 Å². The maximum atomic E-state index is 12.1. The van der Waals surface area contributed by atoms with Crippen molar-refractivity contribution in [2.45, 2.75) is 104 Å². The van der Waals surface area contributed by atoms with E-state index in [1.165, 1.54) is 11.1 Å². The topological polar surface area (TPSA) is 54.0 Å². The summed E-state index contributed by atoms with van der Waals surface area (Å²) in [5, 5.41) is 0.0892. The summed E-state index contributed by atoms with van der Waals surface area (Å²) in [4.78, 5) is 12.1. The molecular formula is C25H42O5Si. The van der Waals surface area contributed by atoms with Crippen molar-refractivity contribution in [1.29, 1.82) is 0 Å². The van der Waals surface area contributed by atoms with Gasteiger partial charge in [0.15, 0.2) is 14.1 Å². The fraction of sp³-hybridized carbons (Fsp3) is 0.800. The molecule has 1 saturated heterocycles. The first-order chi connectivity index (χ1) is 14.2. The quantitative estimate of drug-likeness (QED) is 0.226. The number of esters is 1. The lowest BCUT2D eigenvalue weighted by molar-refractivity contribution is -0.231. The molecule has 6 heteroatoms. The van der Waals surface area contributed by atoms with Gasteiger partial charge in [0.25, 0.3) is 0 Å². The Bertz CT molecular complexity index is 770. The third-order valence-electron chi connectivity index (χ3n) is 7.93. The van der Waals surface area contributed by atoms with Crippen LogP contribution in [0.15, 0.2) is 22.8 Å². The molecule has 0 aromatic heterocycles. The molecule has 0 amide bonds. The first-order valence-corrected chi connectivity index (χ1v) is 14.7. The second-order valence-electron chi connectivity index (χ2n) is 11.5. The standard InChI is InChI=1S/C25H42O5Si/c1-10-27-20(26)15-19-16-24(17-19,30-31(8,9)22(3,4)5)21-18(2)11-12-25(23(21,6)7)28-13-14-29-25/h15H,10-14,16-17H2,1-9H3. The minimum atomic E-state index is -2.08. The van der Waals surface area contributed by atoms with E-state index < -0.39 is 19.7 Å². The van der Waals surface area contributed by atoms with Crippen molar-refractivity contribution < 1.29 is 23.4 Å². The van der Waals surface area contributed by atoms with Crippen molar-refractivity contribution in [3.8, 4) is 0 Å². The molecule has 1 spiro atoms. The van der Waals surface area contributed by atoms with Gasteiger partial charge in [0.1, 0.15) is 0 Å². The Balaban J connectivity index is 2.04. The average molecular weight is 451 g/mol. The normalized spacial score (nSPS) is 28.0. The molecule has 3 aliphatic rings. The highest BCUT2D eigenvalue weighted by Crippen LogP contribution is 2.62. The number of ether oxygens (including phenoxy) is 3. The summed E-state index contributed by atoms with van der Waals surface area (Å²) in [6, 6.07) is 0. The van der Waals surface area contributed by atoms with E-state index in [4.69, 9.17) is 18.6 Å². The van der Waals surface area contributed by atoms with E-state index in [-0.39, 0.29) is 16.4 Å². The van der Waals surface area contributed by atoms with Crippen LogP contribution in [0.25, 0.3) is 0 Å². The molecule has 0 aromatic carbocycles. The van der Waals surface area contributed by atoms with E-state index in [2.05, 4.69) is 54.6 Å². The van der Waals surface area contributed by atoms with Gasteiger partial charge < -0.3 is 18.6 Å². The largest absolute Gasteiger partial charge is 0.463 e. The number of allylic oxidation sites excluding steroid dienone is 1. The van der Waals surface area contributed by atoms with Crippen LogP contribution in [0.5, 0.6) is 0 Å². The molecule has 1 saturated carbocycles. The van der Waals surface area contributed by atoms with Crippen molar-refractivity contribution in [2.24, 2.45) is 5.41 Å². The summed E-state index contributed by atoms with van der Waals surface area (Å²) in [6.07, 6.45) is 4.94. The number of hydrogen-bond acceptors (Lipinski definition) is 5. The van der Waals surface area contributed by atoms with Crippen molar-refractivity contribution in [2.75, 3.05) is 19.8 Å². The molecule has 2 aliphatic carbocycles. The van der Waals surface area contributed by atoms with Crippen LogP contribution in [-0.2, 0) is 23.4 Å². The van der Waals surface area contributed by atoms with E-state index in [0.29, 0.717) is 19.8 Å². The predicted octanol–water partition coefficient (Wildman–Crippen LogP) is 5.91. The van der Waals surface area contributed by atoms with Gasteiger partial charge in [0.2, 0.25) is 0 Å². The van der Waals surface area contributed by atoms with Crippen LogP contribution in [0, 0.1) is 5.41 Å². The minimum Gasteiger partial charge on any atom is -0.463 e. The highest BCUT2D eigenvalue weighted by atomic mass is 28.4. The molecule has 2 fully saturated rings. The number of hydrogen-bond donors (Lipinski definition) is 0. The Labute approximate surface area is 189 Å². The first-order valence-electron chi connectivity index (χ1n) is 11.7. The summed E-state index contributed by atoms with van der Waals surface area (Å²) in [6.45, 7) is 21.7. The Morgan fingerprint density at radius 1 is 1.16 bits per heavy atom. The molecular weight excluding hydrogens is 408 g/mol. The van der Waals surface area contributed by atoms with E-state index in [0.717, 1.165) is 31.3 Å². The predicted molar refractivity (Wildman–Crippen MR) is 125 cm³/mol. The molecule has 5 nitrogen and oxygen atoms in total. The molecule has 1 heterocycles. The van der Waals surface area contributed by atoms with Crippen molar-refractivity contribution in [1.82, 2.24) is 0 Å². The number of carbonyl (C=O) groups is 1. The third kappa shape index (κ3) is 4.21. The van der Waals surface area contributed by atoms with Gasteiger partial charge in [-0.1, -0.05) is 45.8 Å². The fourth-order valence-electron chi connectivity index (χ4n) is 5.51. The van der Waals surface area contributed by atoms with Gasteiger partial charge in [0, 0.05) is 30.8 Å². The van der Waals surface area contributed by atoms with Crippen molar-refractivity contribution in [3.05, 3.63) is 22.8 Å². The van der Waals surface area contributed by atoms with E-state index >= 15 is 0 Å². The fourth-order valence-corrected chi connectivity index (χ4v) is 7.04. The molecule has 0 N–H and O–H groups in total. The van der Waals surface area contributed by atoms with Gasteiger partial charge in [-0.3, -0.25) is 0 Å². The zero-order chi connectivity index (χ0) is 23.3. The maximum Gasteiger partial charge on any atom is 0.330 e. The molecule has 0 radical (unpaired) electrons. The summed E-state index contributed by atoms with van der Waals surface area (Å²) < 4.78 is 24.9. The van der Waals surface area contributed by atoms with Crippen LogP contribution < -0.4 is 0 Å². The molecule has 31 heavy (non-hydrogen) atoms. The SMILES string of the molecule is CCOC(=O)C=C1CC(O[Si](C)(C)C(C)(C)C)(C2=C(C)CCC3(OCCO3)C2(C)C)C1. The molecule has 1 aliphatic heterocycles. The van der Waals surface area contributed by atoms with Crippen LogP contribution in [0.3, 0.4) is 0 Å². The summed E-state index contributed by atoms with van der Waals surface area (Å²) >= 11 is 0. The van der Waals surface area contributed by atoms with Gasteiger partial charge in [0.05, 0.1) is 25.4 Å². The smallest absolute Gasteiger partial charge is 0.330 e. The van der Waals surface area contributed by atoms with Crippen LogP contribution in [0.2, 0.25) is 18.1 Å². The zero-order valence-corrected chi connectivity index (χ0v) is 22.1. The molecule has 0 bridgehead atoms. The molecule has 176 valence electrons. The highest BCUT2D eigenvalue weighted by Gasteiger charge is 2.62. The van der Waals surface area contributed by atoms with E-state index in [1.807, 2.05) is 6.92 Å².